The number of fused-ring (bicyclic) bond motifs is 1. The van der Waals surface area contributed by atoms with E-state index < -0.39 is 43.2 Å². The lowest BCUT2D eigenvalue weighted by molar-refractivity contribution is -0.384. The summed E-state index contributed by atoms with van der Waals surface area (Å²) in [6.45, 7) is 9.92. The number of rotatable bonds is 14. The quantitative estimate of drug-likeness (QED) is 0.0716. The Bertz CT molecular complexity index is 2800. The molecule has 8 rings (SSSR count). The molecule has 0 unspecified atom stereocenters. The number of amides is 1. The number of carbonyl (C=O) groups is 1. The van der Waals surface area contributed by atoms with E-state index in [4.69, 9.17) is 16.3 Å². The van der Waals surface area contributed by atoms with Crippen molar-refractivity contribution in [3.8, 4) is 11.5 Å². The summed E-state index contributed by atoms with van der Waals surface area (Å²) in [7, 11) is -2.52. The number of piperazine rings is 1. The molecular formula is C48H54ClF3N8O6S. The van der Waals surface area contributed by atoms with Gasteiger partial charge in [0.25, 0.3) is 21.6 Å². The van der Waals surface area contributed by atoms with Gasteiger partial charge in [-0.2, -0.15) is 13.2 Å². The number of likely N-dealkylation sites (tertiary alicyclic amines) is 1. The molecule has 2 aromatic heterocycles. The molecular weight excluding hydrogens is 909 g/mol. The molecule has 1 amide bonds. The molecule has 2 saturated heterocycles. The summed E-state index contributed by atoms with van der Waals surface area (Å²) in [5.41, 5.74) is 2.96. The summed E-state index contributed by atoms with van der Waals surface area (Å²) in [6.07, 6.45) is 4.03. The van der Waals surface area contributed by atoms with E-state index in [1.54, 1.807) is 24.4 Å². The first-order valence-electron chi connectivity index (χ1n) is 22.4. The van der Waals surface area contributed by atoms with Crippen molar-refractivity contribution in [2.75, 3.05) is 69.6 Å². The number of H-pyrrole nitrogens is 1. The third-order valence-corrected chi connectivity index (χ3v) is 14.8. The number of aromatic nitrogens is 2. The molecule has 14 nitrogen and oxygen atoms in total. The molecule has 4 heterocycles. The van der Waals surface area contributed by atoms with E-state index in [2.05, 4.69) is 55.6 Å². The molecule has 2 aliphatic heterocycles. The summed E-state index contributed by atoms with van der Waals surface area (Å²) >= 11 is 6.54. The number of benzene rings is 3. The fraction of sp³-hybridized carbons (Fsp3) is 0.417. The maximum absolute atomic E-state index is 14.0. The number of nitrogens with one attached hydrogen (secondary N) is 3. The van der Waals surface area contributed by atoms with Crippen LogP contribution in [0.4, 0.5) is 30.2 Å². The number of alkyl halides is 3. The molecule has 3 N–H and O–H groups in total. The van der Waals surface area contributed by atoms with Crippen LogP contribution < -0.4 is 19.7 Å². The summed E-state index contributed by atoms with van der Waals surface area (Å²) in [5.74, 6) is -0.150. The van der Waals surface area contributed by atoms with Crippen LogP contribution >= 0.6 is 11.6 Å². The zero-order valence-corrected chi connectivity index (χ0v) is 39.2. The van der Waals surface area contributed by atoms with Gasteiger partial charge < -0.3 is 24.8 Å². The molecule has 5 aromatic rings. The molecule has 67 heavy (non-hydrogen) atoms. The molecule has 0 radical (unpaired) electrons. The Morgan fingerprint density at radius 3 is 2.49 bits per heavy atom. The van der Waals surface area contributed by atoms with Crippen LogP contribution in [0.25, 0.3) is 16.6 Å². The Hall–Kier alpha value is -5.69. The summed E-state index contributed by atoms with van der Waals surface area (Å²) in [5, 5.41) is 16.1. The molecule has 0 bridgehead atoms. The number of nitro benzene ring substituents is 1. The predicted octanol–water partition coefficient (Wildman–Crippen LogP) is 9.98. The maximum atomic E-state index is 14.0. The van der Waals surface area contributed by atoms with Crippen molar-refractivity contribution in [3.63, 3.8) is 0 Å². The monoisotopic (exact) mass is 962 g/mol. The number of pyridine rings is 1. The summed E-state index contributed by atoms with van der Waals surface area (Å²) in [4.78, 5) is 39.1. The van der Waals surface area contributed by atoms with Crippen molar-refractivity contribution in [1.82, 2.24) is 24.5 Å². The largest absolute Gasteiger partial charge is 0.455 e. The molecule has 19 heteroatoms. The van der Waals surface area contributed by atoms with Gasteiger partial charge in [-0.25, -0.2) is 18.1 Å². The molecule has 356 valence electrons. The number of carbonyl (C=O) groups excluding carboxylic acids is 1. The van der Waals surface area contributed by atoms with Crippen LogP contribution in [0.5, 0.6) is 11.5 Å². The second-order valence-electron chi connectivity index (χ2n) is 18.6. The number of aromatic amines is 1. The third kappa shape index (κ3) is 11.4. The smallest absolute Gasteiger partial charge is 0.416 e. The summed E-state index contributed by atoms with van der Waals surface area (Å²) in [6, 6.07) is 15.5. The van der Waals surface area contributed by atoms with Gasteiger partial charge in [-0.1, -0.05) is 37.1 Å². The number of ether oxygens (including phenoxy) is 1. The number of anilines is 2. The topological polar surface area (TPSA) is 166 Å². The third-order valence-electron chi connectivity index (χ3n) is 13.2. The number of sulfonamides is 1. The number of hydrogen-bond acceptors (Lipinski definition) is 11. The van der Waals surface area contributed by atoms with E-state index in [9.17, 15) is 36.5 Å². The number of hydrogen-bond donors (Lipinski definition) is 3. The van der Waals surface area contributed by atoms with Crippen molar-refractivity contribution >= 4 is 61.2 Å². The van der Waals surface area contributed by atoms with Crippen LogP contribution in [0.2, 0.25) is 5.02 Å². The van der Waals surface area contributed by atoms with Gasteiger partial charge in [0.05, 0.1) is 27.1 Å². The Labute approximate surface area is 392 Å². The number of halogens is 4. The normalized spacial score (nSPS) is 17.7. The molecule has 1 aliphatic carbocycles. The summed E-state index contributed by atoms with van der Waals surface area (Å²) < 4.78 is 76.3. The van der Waals surface area contributed by atoms with Crippen LogP contribution in [-0.4, -0.2) is 98.4 Å². The minimum Gasteiger partial charge on any atom is -0.455 e. The Balaban J connectivity index is 0.990. The first kappa shape index (κ1) is 47.8. The van der Waals surface area contributed by atoms with Crippen molar-refractivity contribution < 1.29 is 36.0 Å². The number of nitrogens with zero attached hydrogens (tertiary/aromatic N) is 5. The second-order valence-corrected chi connectivity index (χ2v) is 20.7. The van der Waals surface area contributed by atoms with Crippen LogP contribution in [-0.2, 0) is 16.2 Å². The highest BCUT2D eigenvalue weighted by Gasteiger charge is 2.34. The van der Waals surface area contributed by atoms with E-state index in [0.29, 0.717) is 68.6 Å². The van der Waals surface area contributed by atoms with E-state index in [0.717, 1.165) is 85.6 Å². The first-order chi connectivity index (χ1) is 31.8. The number of allylic oxidation sites excluding steroid dienone is 1. The van der Waals surface area contributed by atoms with Crippen molar-refractivity contribution in [2.45, 2.75) is 63.4 Å². The van der Waals surface area contributed by atoms with Crippen LogP contribution in [0, 0.1) is 21.4 Å². The second kappa shape index (κ2) is 19.5. The molecule has 2 fully saturated rings. The SMILES string of the molecule is CN1CCC(CCNc2ccc(S(=O)(=O)NC(=O)c3ccc(N4CCN(CC5=C(c6ccc(C(F)(F)F)cc6Cl)CC(C)(C)CC5)CC4)cc3Oc3cnc4[nH]ccc4c3)cc2[N+](=O)[O-])CC1. The first-order valence-corrected chi connectivity index (χ1v) is 24.3. The number of piperidine rings is 1. The number of nitro groups is 1. The van der Waals surface area contributed by atoms with Gasteiger partial charge in [-0.05, 0) is 130 Å². The highest BCUT2D eigenvalue weighted by Crippen LogP contribution is 2.46. The lowest BCUT2D eigenvalue weighted by atomic mass is 9.72. The highest BCUT2D eigenvalue weighted by molar-refractivity contribution is 7.90. The zero-order valence-electron chi connectivity index (χ0n) is 37.6. The average molecular weight is 964 g/mol. The predicted molar refractivity (Wildman–Crippen MR) is 253 cm³/mol. The maximum Gasteiger partial charge on any atom is 0.416 e. The van der Waals surface area contributed by atoms with Gasteiger partial charge in [-0.15, -0.1) is 0 Å². The lowest BCUT2D eigenvalue weighted by Gasteiger charge is -2.39. The minimum atomic E-state index is -4.60. The lowest BCUT2D eigenvalue weighted by Crippen LogP contribution is -2.47. The van der Waals surface area contributed by atoms with Crippen LogP contribution in [0.1, 0.15) is 73.9 Å². The van der Waals surface area contributed by atoms with Gasteiger partial charge in [0, 0.05) is 73.7 Å². The molecule has 3 aromatic carbocycles. The van der Waals surface area contributed by atoms with Crippen molar-refractivity contribution in [3.05, 3.63) is 117 Å². The average Bonchev–Trinajstić information content (AvgIpc) is 3.75. The fourth-order valence-corrected chi connectivity index (χ4v) is 10.5. The molecule has 0 spiro atoms. The molecule has 3 aliphatic rings. The van der Waals surface area contributed by atoms with Crippen LogP contribution in [0.15, 0.2) is 89.6 Å². The van der Waals surface area contributed by atoms with Gasteiger partial charge in [-0.3, -0.25) is 19.8 Å². The standard InChI is InChI=1S/C48H54ClF3N8O6S/c1-47(2)15-10-33(40(28-47)38-7-4-34(25-41(38)49)48(50,51)52)30-58-20-22-59(23-21-58)35-5-8-39(44(26-35)66-36-24-32-12-17-54-45(32)55-29-36)46(61)56-67(64,65)37-6-9-42(43(27-37)60(62)63)53-16-11-31-13-18-57(3)19-14-31/h4-9,12,17,24-27,29,31,53H,10-11,13-16,18-23,28,30H2,1-3H3,(H,54,55)(H,56,61). The Morgan fingerprint density at radius 2 is 1.78 bits per heavy atom. The van der Waals surface area contributed by atoms with Crippen molar-refractivity contribution in [2.24, 2.45) is 11.3 Å². The van der Waals surface area contributed by atoms with Crippen LogP contribution in [0.3, 0.4) is 0 Å². The molecule has 0 saturated carbocycles. The van der Waals surface area contributed by atoms with Gasteiger partial charge >= 0.3 is 6.18 Å². The minimum absolute atomic E-state index is 0.0460. The molecule has 0 atom stereocenters. The van der Waals surface area contributed by atoms with Gasteiger partial charge in [0.1, 0.15) is 22.8 Å². The van der Waals surface area contributed by atoms with Crippen molar-refractivity contribution in [1.29, 1.82) is 0 Å². The fourth-order valence-electron chi connectivity index (χ4n) is 9.22. The highest BCUT2D eigenvalue weighted by atomic mass is 35.5. The zero-order chi connectivity index (χ0) is 47.7. The van der Waals surface area contributed by atoms with Gasteiger partial charge in [0.15, 0.2) is 0 Å². The van der Waals surface area contributed by atoms with E-state index in [1.807, 2.05) is 6.07 Å². The van der Waals surface area contributed by atoms with E-state index >= 15 is 0 Å². The Kier molecular flexibility index (Phi) is 13.9. The van der Waals surface area contributed by atoms with E-state index in [1.165, 1.54) is 30.5 Å². The van der Waals surface area contributed by atoms with E-state index in [-0.39, 0.29) is 27.4 Å². The van der Waals surface area contributed by atoms with Gasteiger partial charge in [0.2, 0.25) is 0 Å². The Morgan fingerprint density at radius 1 is 1.01 bits per heavy atom.